The predicted molar refractivity (Wildman–Crippen MR) is 76.8 cm³/mol. The Morgan fingerprint density at radius 2 is 1.90 bits per heavy atom. The van der Waals surface area contributed by atoms with Gasteiger partial charge in [-0.3, -0.25) is 0 Å². The van der Waals surface area contributed by atoms with E-state index >= 15 is 0 Å². The topological polar surface area (TPSA) is 48.2 Å². The van der Waals surface area contributed by atoms with Crippen LogP contribution in [0.2, 0.25) is 0 Å². The molecule has 0 atom stereocenters. The summed E-state index contributed by atoms with van der Waals surface area (Å²) in [6.07, 6.45) is 0. The van der Waals surface area contributed by atoms with Crippen LogP contribution >= 0.6 is 0 Å². The van der Waals surface area contributed by atoms with E-state index in [0.717, 1.165) is 22.5 Å². The summed E-state index contributed by atoms with van der Waals surface area (Å²) in [4.78, 5) is 8.67. The largest absolute Gasteiger partial charge is 0.484 e. The molecule has 0 saturated carbocycles. The van der Waals surface area contributed by atoms with Crippen LogP contribution in [0.5, 0.6) is 5.75 Å². The number of aromatic nitrogens is 2. The second-order valence-corrected chi connectivity index (χ2v) is 4.94. The number of rotatable bonds is 3. The zero-order valence-electron chi connectivity index (χ0n) is 11.8. The first-order valence-corrected chi connectivity index (χ1v) is 6.55. The van der Waals surface area contributed by atoms with Gasteiger partial charge in [-0.25, -0.2) is 9.97 Å². The van der Waals surface area contributed by atoms with Crippen LogP contribution < -0.4 is 4.74 Å². The van der Waals surface area contributed by atoms with Crippen molar-refractivity contribution < 1.29 is 9.15 Å². The first-order valence-electron chi connectivity index (χ1n) is 6.55. The van der Waals surface area contributed by atoms with Gasteiger partial charge >= 0.3 is 0 Å². The van der Waals surface area contributed by atoms with Crippen LogP contribution in [-0.4, -0.2) is 9.97 Å². The molecule has 4 heteroatoms. The van der Waals surface area contributed by atoms with Crippen molar-refractivity contribution in [1.82, 2.24) is 9.97 Å². The molecule has 0 spiro atoms. The van der Waals surface area contributed by atoms with Crippen molar-refractivity contribution in [2.75, 3.05) is 0 Å². The van der Waals surface area contributed by atoms with Gasteiger partial charge in [0.1, 0.15) is 11.3 Å². The van der Waals surface area contributed by atoms with E-state index in [1.807, 2.05) is 45.0 Å². The molecule has 0 radical (unpaired) electrons. The molecule has 0 fully saturated rings. The summed E-state index contributed by atoms with van der Waals surface area (Å²) >= 11 is 0. The Bertz CT molecular complexity index is 762. The number of ether oxygens (including phenoxy) is 1. The van der Waals surface area contributed by atoms with Gasteiger partial charge in [0.15, 0.2) is 6.61 Å². The zero-order chi connectivity index (χ0) is 14.1. The van der Waals surface area contributed by atoms with E-state index in [2.05, 4.69) is 16.0 Å². The fraction of sp³-hybridized carbons (Fsp3) is 0.250. The Morgan fingerprint density at radius 1 is 1.05 bits per heavy atom. The maximum Gasteiger partial charge on any atom is 0.247 e. The molecule has 4 nitrogen and oxygen atoms in total. The average molecular weight is 268 g/mol. The van der Waals surface area contributed by atoms with Crippen LogP contribution in [0.4, 0.5) is 0 Å². The minimum atomic E-state index is 0.305. The number of hydrogen-bond donors (Lipinski definition) is 0. The lowest BCUT2D eigenvalue weighted by atomic mass is 10.1. The van der Waals surface area contributed by atoms with Crippen molar-refractivity contribution in [3.63, 3.8) is 0 Å². The Labute approximate surface area is 117 Å². The summed E-state index contributed by atoms with van der Waals surface area (Å²) in [5.74, 6) is 1.40. The Hall–Kier alpha value is -2.36. The summed E-state index contributed by atoms with van der Waals surface area (Å²) in [5, 5.41) is 0. The molecule has 3 rings (SSSR count). The molecule has 0 aliphatic heterocycles. The monoisotopic (exact) mass is 268 g/mol. The Kier molecular flexibility index (Phi) is 3.14. The fourth-order valence-electron chi connectivity index (χ4n) is 2.02. The van der Waals surface area contributed by atoms with Gasteiger partial charge in [0, 0.05) is 5.69 Å². The lowest BCUT2D eigenvalue weighted by molar-refractivity contribution is 0.265. The van der Waals surface area contributed by atoms with Crippen LogP contribution in [0, 0.1) is 20.8 Å². The SMILES string of the molecule is Cc1ccc(C)c(OCc2nc3ccc(C)nc3o2)c1. The van der Waals surface area contributed by atoms with Crippen molar-refractivity contribution in [2.24, 2.45) is 0 Å². The van der Waals surface area contributed by atoms with Gasteiger partial charge < -0.3 is 9.15 Å². The van der Waals surface area contributed by atoms with Crippen LogP contribution in [0.15, 0.2) is 34.7 Å². The molecule has 2 heterocycles. The van der Waals surface area contributed by atoms with E-state index in [1.165, 1.54) is 5.56 Å². The highest BCUT2D eigenvalue weighted by atomic mass is 16.5. The van der Waals surface area contributed by atoms with Crippen LogP contribution in [0.25, 0.3) is 11.2 Å². The highest BCUT2D eigenvalue weighted by Crippen LogP contribution is 2.21. The minimum Gasteiger partial charge on any atom is -0.484 e. The molecule has 0 N–H and O–H groups in total. The van der Waals surface area contributed by atoms with E-state index < -0.39 is 0 Å². The molecule has 3 aromatic rings. The maximum atomic E-state index is 5.78. The quantitative estimate of drug-likeness (QED) is 0.726. The smallest absolute Gasteiger partial charge is 0.247 e. The van der Waals surface area contributed by atoms with E-state index in [4.69, 9.17) is 9.15 Å². The minimum absolute atomic E-state index is 0.305. The average Bonchev–Trinajstić information content (AvgIpc) is 2.81. The van der Waals surface area contributed by atoms with Gasteiger partial charge in [0.05, 0.1) is 0 Å². The first-order chi connectivity index (χ1) is 9.61. The third kappa shape index (κ3) is 2.50. The highest BCUT2D eigenvalue weighted by molar-refractivity contribution is 5.67. The van der Waals surface area contributed by atoms with Gasteiger partial charge in [-0.2, -0.15) is 0 Å². The third-order valence-electron chi connectivity index (χ3n) is 3.13. The molecule has 102 valence electrons. The number of pyridine rings is 1. The van der Waals surface area contributed by atoms with Gasteiger partial charge in [0.2, 0.25) is 11.6 Å². The van der Waals surface area contributed by atoms with E-state index in [1.54, 1.807) is 0 Å². The molecular formula is C16H16N2O2. The van der Waals surface area contributed by atoms with Crippen molar-refractivity contribution in [2.45, 2.75) is 27.4 Å². The molecule has 1 aromatic carbocycles. The van der Waals surface area contributed by atoms with Gasteiger partial charge in [-0.05, 0) is 50.1 Å². The molecule has 0 unspecified atom stereocenters. The Balaban J connectivity index is 1.81. The second kappa shape index (κ2) is 4.96. The lowest BCUT2D eigenvalue weighted by Crippen LogP contribution is -1.97. The molecule has 2 aromatic heterocycles. The molecule has 0 aliphatic rings. The highest BCUT2D eigenvalue weighted by Gasteiger charge is 2.08. The van der Waals surface area contributed by atoms with Crippen molar-refractivity contribution >= 4 is 11.2 Å². The standard InChI is InChI=1S/C16H16N2O2/c1-10-4-5-11(2)14(8-10)19-9-15-18-13-7-6-12(3)17-16(13)20-15/h4-8H,9H2,1-3H3. The van der Waals surface area contributed by atoms with Gasteiger partial charge in [-0.15, -0.1) is 0 Å². The molecule has 0 amide bonds. The van der Waals surface area contributed by atoms with Gasteiger partial charge in [-0.1, -0.05) is 12.1 Å². The van der Waals surface area contributed by atoms with Crippen molar-refractivity contribution in [3.8, 4) is 5.75 Å². The molecule has 0 aliphatic carbocycles. The lowest BCUT2D eigenvalue weighted by Gasteiger charge is -2.07. The van der Waals surface area contributed by atoms with Crippen LogP contribution in [-0.2, 0) is 6.61 Å². The zero-order valence-corrected chi connectivity index (χ0v) is 11.8. The third-order valence-corrected chi connectivity index (χ3v) is 3.13. The Morgan fingerprint density at radius 3 is 2.75 bits per heavy atom. The number of oxazole rings is 1. The molecular weight excluding hydrogens is 252 g/mol. The van der Waals surface area contributed by atoms with Crippen molar-refractivity contribution in [3.05, 3.63) is 53.0 Å². The van der Waals surface area contributed by atoms with E-state index in [0.29, 0.717) is 18.2 Å². The number of aryl methyl sites for hydroxylation is 3. The van der Waals surface area contributed by atoms with Gasteiger partial charge in [0.25, 0.3) is 0 Å². The van der Waals surface area contributed by atoms with E-state index in [-0.39, 0.29) is 0 Å². The fourth-order valence-corrected chi connectivity index (χ4v) is 2.02. The van der Waals surface area contributed by atoms with E-state index in [9.17, 15) is 0 Å². The predicted octanol–water partition coefficient (Wildman–Crippen LogP) is 3.73. The number of fused-ring (bicyclic) bond motifs is 1. The summed E-state index contributed by atoms with van der Waals surface area (Å²) < 4.78 is 11.4. The number of nitrogens with zero attached hydrogens (tertiary/aromatic N) is 2. The summed E-state index contributed by atoms with van der Waals surface area (Å²) in [5.41, 5.74) is 4.50. The number of hydrogen-bond acceptors (Lipinski definition) is 4. The van der Waals surface area contributed by atoms with Crippen molar-refractivity contribution in [1.29, 1.82) is 0 Å². The maximum absolute atomic E-state index is 5.78. The molecule has 0 saturated heterocycles. The van der Waals surface area contributed by atoms with Crippen LogP contribution in [0.3, 0.4) is 0 Å². The number of benzene rings is 1. The van der Waals surface area contributed by atoms with Crippen LogP contribution in [0.1, 0.15) is 22.7 Å². The first kappa shape index (κ1) is 12.7. The normalized spacial score (nSPS) is 10.9. The second-order valence-electron chi connectivity index (χ2n) is 4.94. The summed E-state index contributed by atoms with van der Waals surface area (Å²) in [6.45, 7) is 6.29. The summed E-state index contributed by atoms with van der Waals surface area (Å²) in [7, 11) is 0. The summed E-state index contributed by atoms with van der Waals surface area (Å²) in [6, 6.07) is 9.94. The molecule has 0 bridgehead atoms. The molecule has 20 heavy (non-hydrogen) atoms.